The molecule has 256 valence electrons. The lowest BCUT2D eigenvalue weighted by Crippen LogP contribution is -1.97. The van der Waals surface area contributed by atoms with E-state index >= 15 is 0 Å². The maximum atomic E-state index is 5.42. The molecule has 0 spiro atoms. The summed E-state index contributed by atoms with van der Waals surface area (Å²) in [5.74, 6) is 0. The molecule has 0 saturated heterocycles. The highest BCUT2D eigenvalue weighted by molar-refractivity contribution is 6.22. The second-order valence-electron chi connectivity index (χ2n) is 14.0. The van der Waals surface area contributed by atoms with Crippen LogP contribution in [0, 0.1) is 0 Å². The van der Waals surface area contributed by atoms with Gasteiger partial charge < -0.3 is 0 Å². The van der Waals surface area contributed by atoms with E-state index in [0.29, 0.717) is 0 Å². The molecule has 0 aliphatic heterocycles. The predicted molar refractivity (Wildman–Crippen MR) is 228 cm³/mol. The highest BCUT2D eigenvalue weighted by atomic mass is 15.3. The minimum absolute atomic E-state index is 0.917. The number of para-hydroxylation sites is 1. The molecule has 0 aliphatic rings. The van der Waals surface area contributed by atoms with Crippen LogP contribution in [0.5, 0.6) is 0 Å². The Hall–Kier alpha value is -7.43. The third-order valence-electron chi connectivity index (χ3n) is 10.9. The summed E-state index contributed by atoms with van der Waals surface area (Å²) in [7, 11) is 0. The number of nitrogens with zero attached hydrogens (tertiary/aromatic N) is 4. The van der Waals surface area contributed by atoms with Crippen molar-refractivity contribution in [3.63, 3.8) is 0 Å². The van der Waals surface area contributed by atoms with Crippen LogP contribution in [0.1, 0.15) is 0 Å². The molecule has 3 aromatic heterocycles. The van der Waals surface area contributed by atoms with E-state index in [2.05, 4.69) is 175 Å². The van der Waals surface area contributed by atoms with Gasteiger partial charge in [0.05, 0.1) is 22.2 Å². The van der Waals surface area contributed by atoms with Gasteiger partial charge in [-0.05, 0) is 85.9 Å². The molecule has 0 amide bonds. The molecule has 0 saturated carbocycles. The van der Waals surface area contributed by atoms with Crippen LogP contribution in [-0.4, -0.2) is 19.7 Å². The van der Waals surface area contributed by atoms with Crippen molar-refractivity contribution in [2.24, 2.45) is 0 Å². The molecular formula is C51H32N4. The van der Waals surface area contributed by atoms with E-state index in [1.165, 1.54) is 32.8 Å². The zero-order chi connectivity index (χ0) is 36.3. The van der Waals surface area contributed by atoms with E-state index in [0.717, 1.165) is 71.7 Å². The van der Waals surface area contributed by atoms with Gasteiger partial charge in [0.15, 0.2) is 0 Å². The summed E-state index contributed by atoms with van der Waals surface area (Å²) < 4.78 is 2.14. The number of fused-ring (bicyclic) bond motifs is 7. The summed E-state index contributed by atoms with van der Waals surface area (Å²) in [5, 5.41) is 13.4. The quantitative estimate of drug-likeness (QED) is 0.168. The molecule has 11 aromatic rings. The zero-order valence-corrected chi connectivity index (χ0v) is 29.8. The Morgan fingerprint density at radius 2 is 0.945 bits per heavy atom. The van der Waals surface area contributed by atoms with E-state index in [1.807, 2.05) is 24.5 Å². The predicted octanol–water partition coefficient (Wildman–Crippen LogP) is 13.1. The minimum atomic E-state index is 0.917. The monoisotopic (exact) mass is 700 g/mol. The van der Waals surface area contributed by atoms with Gasteiger partial charge in [-0.3, -0.25) is 9.97 Å². The molecule has 0 N–H and O–H groups in total. The fraction of sp³-hybridized carbons (Fsp3) is 0. The third-order valence-corrected chi connectivity index (χ3v) is 10.9. The molecule has 4 heteroatoms. The Morgan fingerprint density at radius 3 is 1.69 bits per heavy atom. The van der Waals surface area contributed by atoms with Gasteiger partial charge in [-0.25, -0.2) is 4.68 Å². The Labute approximate surface area is 317 Å². The molecular weight excluding hydrogens is 669 g/mol. The summed E-state index contributed by atoms with van der Waals surface area (Å²) in [5.41, 5.74) is 13.0. The van der Waals surface area contributed by atoms with Crippen molar-refractivity contribution in [3.05, 3.63) is 194 Å². The maximum absolute atomic E-state index is 5.42. The Kier molecular flexibility index (Phi) is 7.14. The molecule has 0 radical (unpaired) electrons. The SMILES string of the molecule is c1ccc(-c2cc3c(-c4ccc(-c5cc6cccnc6c6ncccc56)c5ccccc45)cccc3c3c2c(-c2ccccc2)nn3-c2ccccc2)cc1. The summed E-state index contributed by atoms with van der Waals surface area (Å²) in [6.07, 6.45) is 3.70. The van der Waals surface area contributed by atoms with Gasteiger partial charge in [-0.1, -0.05) is 146 Å². The van der Waals surface area contributed by atoms with E-state index < -0.39 is 0 Å². The minimum Gasteiger partial charge on any atom is -0.254 e. The normalized spacial score (nSPS) is 11.6. The Morgan fingerprint density at radius 1 is 0.364 bits per heavy atom. The van der Waals surface area contributed by atoms with Crippen molar-refractivity contribution in [2.45, 2.75) is 0 Å². The van der Waals surface area contributed by atoms with Gasteiger partial charge >= 0.3 is 0 Å². The molecule has 0 atom stereocenters. The summed E-state index contributed by atoms with van der Waals surface area (Å²) in [6.45, 7) is 0. The maximum Gasteiger partial charge on any atom is 0.101 e. The fourth-order valence-electron chi connectivity index (χ4n) is 8.47. The first kappa shape index (κ1) is 31.1. The second-order valence-corrected chi connectivity index (χ2v) is 14.0. The van der Waals surface area contributed by atoms with Gasteiger partial charge in [0.2, 0.25) is 0 Å². The topological polar surface area (TPSA) is 43.6 Å². The summed E-state index contributed by atoms with van der Waals surface area (Å²) in [6, 6.07) is 64.9. The highest BCUT2D eigenvalue weighted by Gasteiger charge is 2.23. The zero-order valence-electron chi connectivity index (χ0n) is 29.8. The number of rotatable bonds is 5. The number of benzene rings is 8. The lowest BCUT2D eigenvalue weighted by atomic mass is 9.87. The molecule has 4 nitrogen and oxygen atoms in total. The van der Waals surface area contributed by atoms with Gasteiger partial charge in [0, 0.05) is 39.5 Å². The lowest BCUT2D eigenvalue weighted by Gasteiger charge is -2.17. The molecule has 55 heavy (non-hydrogen) atoms. The average Bonchev–Trinajstić information content (AvgIpc) is 3.67. The van der Waals surface area contributed by atoms with Crippen molar-refractivity contribution in [3.8, 4) is 50.3 Å². The first-order valence-electron chi connectivity index (χ1n) is 18.6. The van der Waals surface area contributed by atoms with Gasteiger partial charge in [-0.2, -0.15) is 5.10 Å². The molecule has 0 bridgehead atoms. The smallest absolute Gasteiger partial charge is 0.101 e. The van der Waals surface area contributed by atoms with Crippen LogP contribution in [0.2, 0.25) is 0 Å². The number of hydrogen-bond donors (Lipinski definition) is 0. The van der Waals surface area contributed by atoms with Crippen molar-refractivity contribution >= 4 is 54.3 Å². The van der Waals surface area contributed by atoms with Crippen molar-refractivity contribution < 1.29 is 0 Å². The largest absolute Gasteiger partial charge is 0.254 e. The van der Waals surface area contributed by atoms with E-state index in [1.54, 1.807) is 0 Å². The molecule has 8 aromatic carbocycles. The first-order valence-corrected chi connectivity index (χ1v) is 18.6. The van der Waals surface area contributed by atoms with Gasteiger partial charge in [-0.15, -0.1) is 0 Å². The van der Waals surface area contributed by atoms with Crippen LogP contribution >= 0.6 is 0 Å². The van der Waals surface area contributed by atoms with Crippen LogP contribution in [0.15, 0.2) is 194 Å². The third kappa shape index (κ3) is 4.96. The number of aromatic nitrogens is 4. The van der Waals surface area contributed by atoms with Crippen LogP contribution in [-0.2, 0) is 0 Å². The van der Waals surface area contributed by atoms with Crippen LogP contribution < -0.4 is 0 Å². The van der Waals surface area contributed by atoms with E-state index in [-0.39, 0.29) is 0 Å². The Bertz CT molecular complexity index is 3240. The molecule has 0 aliphatic carbocycles. The second kappa shape index (κ2) is 12.6. The van der Waals surface area contributed by atoms with Crippen LogP contribution in [0.4, 0.5) is 0 Å². The van der Waals surface area contributed by atoms with Gasteiger partial charge in [0.25, 0.3) is 0 Å². The standard InChI is InChI=1S/C51H32N4/c1-4-15-33(16-5-1)44-32-46-39(24-12-25-43(46)51-47(44)48(34-17-6-2-7-18-34)54-55(51)36-20-8-3-9-21-36)40-27-28-41(38-23-11-10-22-37(38)40)45-31-35-19-13-29-52-49(35)50-42(45)26-14-30-53-50/h1-32H. The molecule has 0 unspecified atom stereocenters. The molecule has 11 rings (SSSR count). The molecule has 3 heterocycles. The van der Waals surface area contributed by atoms with Crippen molar-refractivity contribution in [1.82, 2.24) is 19.7 Å². The summed E-state index contributed by atoms with van der Waals surface area (Å²) >= 11 is 0. The average molecular weight is 701 g/mol. The number of hydrogen-bond acceptors (Lipinski definition) is 3. The molecule has 0 fully saturated rings. The van der Waals surface area contributed by atoms with Gasteiger partial charge in [0.1, 0.15) is 5.69 Å². The van der Waals surface area contributed by atoms with Crippen LogP contribution in [0.25, 0.3) is 105 Å². The first-order chi connectivity index (χ1) is 27.3. The van der Waals surface area contributed by atoms with Crippen molar-refractivity contribution in [2.75, 3.05) is 0 Å². The van der Waals surface area contributed by atoms with Crippen LogP contribution in [0.3, 0.4) is 0 Å². The fourth-order valence-corrected chi connectivity index (χ4v) is 8.47. The highest BCUT2D eigenvalue weighted by Crippen LogP contribution is 2.46. The Balaban J connectivity index is 1.23. The number of pyridine rings is 2. The van der Waals surface area contributed by atoms with E-state index in [4.69, 9.17) is 15.1 Å². The summed E-state index contributed by atoms with van der Waals surface area (Å²) in [4.78, 5) is 9.53. The van der Waals surface area contributed by atoms with E-state index in [9.17, 15) is 0 Å². The van der Waals surface area contributed by atoms with Crippen molar-refractivity contribution in [1.29, 1.82) is 0 Å². The lowest BCUT2D eigenvalue weighted by molar-refractivity contribution is 0.918.